The Balaban J connectivity index is 3.24. The van der Waals surface area contributed by atoms with Crippen molar-refractivity contribution in [1.82, 2.24) is 0 Å². The van der Waals surface area contributed by atoms with Gasteiger partial charge in [0.25, 0.3) is 0 Å². The van der Waals surface area contributed by atoms with Crippen molar-refractivity contribution in [2.45, 2.75) is 11.8 Å². The SMILES string of the molecule is COc1cc(S)cc(I)c1C. The van der Waals surface area contributed by atoms with Crippen molar-refractivity contribution >= 4 is 35.2 Å². The number of methoxy groups -OCH3 is 1. The second kappa shape index (κ2) is 3.67. The number of hydrogen-bond donors (Lipinski definition) is 1. The van der Waals surface area contributed by atoms with E-state index >= 15 is 0 Å². The maximum Gasteiger partial charge on any atom is 0.123 e. The number of benzene rings is 1. The molecule has 0 aromatic heterocycles. The van der Waals surface area contributed by atoms with Crippen molar-refractivity contribution in [2.24, 2.45) is 0 Å². The van der Waals surface area contributed by atoms with E-state index in [2.05, 4.69) is 35.2 Å². The maximum absolute atomic E-state index is 5.15. The van der Waals surface area contributed by atoms with Gasteiger partial charge < -0.3 is 4.74 Å². The highest BCUT2D eigenvalue weighted by Crippen LogP contribution is 2.26. The Hall–Kier alpha value is 0.1000. The molecule has 0 N–H and O–H groups in total. The third-order valence-corrected chi connectivity index (χ3v) is 2.88. The van der Waals surface area contributed by atoms with Gasteiger partial charge in [-0.2, -0.15) is 0 Å². The van der Waals surface area contributed by atoms with Crippen LogP contribution < -0.4 is 4.74 Å². The van der Waals surface area contributed by atoms with Gasteiger partial charge in [-0.05, 0) is 41.6 Å². The van der Waals surface area contributed by atoms with E-state index in [0.29, 0.717) is 0 Å². The number of rotatable bonds is 1. The van der Waals surface area contributed by atoms with Gasteiger partial charge in [-0.1, -0.05) is 0 Å². The molecule has 11 heavy (non-hydrogen) atoms. The van der Waals surface area contributed by atoms with Crippen LogP contribution in [0.2, 0.25) is 0 Å². The van der Waals surface area contributed by atoms with E-state index in [1.165, 1.54) is 9.13 Å². The standard InChI is InChI=1S/C8H9IOS/c1-5-7(9)3-6(11)4-8(5)10-2/h3-4,11H,1-2H3. The summed E-state index contributed by atoms with van der Waals surface area (Å²) in [5.74, 6) is 0.905. The maximum atomic E-state index is 5.15. The summed E-state index contributed by atoms with van der Waals surface area (Å²) < 4.78 is 6.34. The average molecular weight is 280 g/mol. The fraction of sp³-hybridized carbons (Fsp3) is 0.250. The highest BCUT2D eigenvalue weighted by Gasteiger charge is 2.02. The number of ether oxygens (including phenoxy) is 1. The smallest absolute Gasteiger partial charge is 0.123 e. The van der Waals surface area contributed by atoms with Crippen molar-refractivity contribution in [3.8, 4) is 5.75 Å². The number of thiol groups is 1. The van der Waals surface area contributed by atoms with E-state index in [-0.39, 0.29) is 0 Å². The van der Waals surface area contributed by atoms with Crippen molar-refractivity contribution in [1.29, 1.82) is 0 Å². The Bertz CT molecular complexity index is 273. The first-order valence-electron chi connectivity index (χ1n) is 3.18. The van der Waals surface area contributed by atoms with Crippen LogP contribution in [0.15, 0.2) is 17.0 Å². The molecular formula is C8H9IOS. The van der Waals surface area contributed by atoms with Gasteiger partial charge in [0.15, 0.2) is 0 Å². The molecular weight excluding hydrogens is 271 g/mol. The van der Waals surface area contributed by atoms with Crippen LogP contribution in [0.5, 0.6) is 5.75 Å². The van der Waals surface area contributed by atoms with E-state index in [9.17, 15) is 0 Å². The first-order valence-corrected chi connectivity index (χ1v) is 4.71. The lowest BCUT2D eigenvalue weighted by Crippen LogP contribution is -1.89. The largest absolute Gasteiger partial charge is 0.496 e. The molecule has 0 saturated carbocycles. The summed E-state index contributed by atoms with van der Waals surface area (Å²) in [7, 11) is 1.67. The van der Waals surface area contributed by atoms with Gasteiger partial charge >= 0.3 is 0 Å². The molecule has 3 heteroatoms. The third-order valence-electron chi connectivity index (χ3n) is 1.50. The summed E-state index contributed by atoms with van der Waals surface area (Å²) in [6, 6.07) is 3.93. The van der Waals surface area contributed by atoms with E-state index < -0.39 is 0 Å². The number of halogens is 1. The molecule has 1 nitrogen and oxygen atoms in total. The van der Waals surface area contributed by atoms with Crippen molar-refractivity contribution in [3.63, 3.8) is 0 Å². The Kier molecular flexibility index (Phi) is 3.06. The molecule has 0 unspecified atom stereocenters. The van der Waals surface area contributed by atoms with Crippen molar-refractivity contribution in [3.05, 3.63) is 21.3 Å². The van der Waals surface area contributed by atoms with Gasteiger partial charge in [0.2, 0.25) is 0 Å². The van der Waals surface area contributed by atoms with Crippen LogP contribution in [0, 0.1) is 10.5 Å². The fourth-order valence-electron chi connectivity index (χ4n) is 0.852. The van der Waals surface area contributed by atoms with Gasteiger partial charge in [0, 0.05) is 14.0 Å². The van der Waals surface area contributed by atoms with Crippen LogP contribution in [-0.2, 0) is 0 Å². The Labute approximate surface area is 85.7 Å². The predicted octanol–water partition coefficient (Wildman–Crippen LogP) is 2.90. The highest BCUT2D eigenvalue weighted by atomic mass is 127. The molecule has 1 aromatic carbocycles. The van der Waals surface area contributed by atoms with Crippen LogP contribution in [0.4, 0.5) is 0 Å². The number of hydrogen-bond acceptors (Lipinski definition) is 2. The minimum atomic E-state index is 0.905. The Morgan fingerprint density at radius 3 is 2.64 bits per heavy atom. The lowest BCUT2D eigenvalue weighted by atomic mass is 10.2. The topological polar surface area (TPSA) is 9.23 Å². The van der Waals surface area contributed by atoms with Gasteiger partial charge in [0.05, 0.1) is 7.11 Å². The van der Waals surface area contributed by atoms with Crippen molar-refractivity contribution < 1.29 is 4.74 Å². The fourth-order valence-corrected chi connectivity index (χ4v) is 1.95. The van der Waals surface area contributed by atoms with E-state index in [1.54, 1.807) is 7.11 Å². The summed E-state index contributed by atoms with van der Waals surface area (Å²) in [5.41, 5.74) is 1.17. The molecule has 0 atom stereocenters. The molecule has 0 aliphatic carbocycles. The second-order valence-electron chi connectivity index (χ2n) is 2.25. The summed E-state index contributed by atoms with van der Waals surface area (Å²) in [6.07, 6.45) is 0. The minimum absolute atomic E-state index is 0.905. The molecule has 0 radical (unpaired) electrons. The Morgan fingerprint density at radius 1 is 1.45 bits per heavy atom. The van der Waals surface area contributed by atoms with Gasteiger partial charge in [-0.25, -0.2) is 0 Å². The molecule has 60 valence electrons. The second-order valence-corrected chi connectivity index (χ2v) is 3.93. The lowest BCUT2D eigenvalue weighted by molar-refractivity contribution is 0.410. The van der Waals surface area contributed by atoms with Gasteiger partial charge in [-0.3, -0.25) is 0 Å². The monoisotopic (exact) mass is 280 g/mol. The Morgan fingerprint density at radius 2 is 2.09 bits per heavy atom. The highest BCUT2D eigenvalue weighted by molar-refractivity contribution is 14.1. The van der Waals surface area contributed by atoms with E-state index in [0.717, 1.165) is 10.6 Å². The van der Waals surface area contributed by atoms with E-state index in [4.69, 9.17) is 4.74 Å². The lowest BCUT2D eigenvalue weighted by Gasteiger charge is -2.06. The van der Waals surface area contributed by atoms with Crippen molar-refractivity contribution in [2.75, 3.05) is 7.11 Å². The first kappa shape index (κ1) is 9.19. The van der Waals surface area contributed by atoms with Crippen LogP contribution >= 0.6 is 35.2 Å². The average Bonchev–Trinajstić information content (AvgIpc) is 1.96. The predicted molar refractivity (Wildman–Crippen MR) is 57.7 cm³/mol. The summed E-state index contributed by atoms with van der Waals surface area (Å²) >= 11 is 6.51. The molecule has 0 spiro atoms. The van der Waals surface area contributed by atoms with Gasteiger partial charge in [0.1, 0.15) is 5.75 Å². The molecule has 0 aliphatic heterocycles. The first-order chi connectivity index (χ1) is 5.15. The molecule has 1 aromatic rings. The molecule has 0 aliphatic rings. The molecule has 0 heterocycles. The zero-order valence-electron chi connectivity index (χ0n) is 6.39. The zero-order valence-corrected chi connectivity index (χ0v) is 9.44. The summed E-state index contributed by atoms with van der Waals surface area (Å²) in [5, 5.41) is 0. The minimum Gasteiger partial charge on any atom is -0.496 e. The van der Waals surface area contributed by atoms with E-state index in [1.807, 2.05) is 19.1 Å². The van der Waals surface area contributed by atoms with Crippen LogP contribution in [-0.4, -0.2) is 7.11 Å². The van der Waals surface area contributed by atoms with Crippen LogP contribution in [0.3, 0.4) is 0 Å². The normalized spacial score (nSPS) is 9.82. The molecule has 0 bridgehead atoms. The quantitative estimate of drug-likeness (QED) is 0.614. The van der Waals surface area contributed by atoms with Crippen LogP contribution in [0.25, 0.3) is 0 Å². The zero-order chi connectivity index (χ0) is 8.43. The molecule has 0 fully saturated rings. The summed E-state index contributed by atoms with van der Waals surface area (Å²) in [6.45, 7) is 2.04. The van der Waals surface area contributed by atoms with Gasteiger partial charge in [-0.15, -0.1) is 12.6 Å². The molecule has 1 rings (SSSR count). The molecule has 0 amide bonds. The summed E-state index contributed by atoms with van der Waals surface area (Å²) in [4.78, 5) is 0.942. The van der Waals surface area contributed by atoms with Crippen LogP contribution in [0.1, 0.15) is 5.56 Å². The molecule has 0 saturated heterocycles. The third kappa shape index (κ3) is 2.02.